The quantitative estimate of drug-likeness (QED) is 0.124. The van der Waals surface area contributed by atoms with Gasteiger partial charge in [-0.2, -0.15) is 0 Å². The van der Waals surface area contributed by atoms with Gasteiger partial charge in [0.2, 0.25) is 0 Å². The molecule has 0 spiro atoms. The third kappa shape index (κ3) is 6.66. The number of hydrogen-bond acceptors (Lipinski definition) is 4. The van der Waals surface area contributed by atoms with Crippen LogP contribution in [0.25, 0.3) is 0 Å². The summed E-state index contributed by atoms with van der Waals surface area (Å²) in [5.74, 6) is -4.93. The maximum atomic E-state index is 17.0. The van der Waals surface area contributed by atoms with Gasteiger partial charge in [-0.3, -0.25) is 0 Å². The molecule has 0 amide bonds. The Morgan fingerprint density at radius 3 is 1.16 bits per heavy atom. The van der Waals surface area contributed by atoms with Crippen molar-refractivity contribution in [2.45, 2.75) is 18.2 Å². The fraction of sp³-hybridized carbons (Fsp3) is 0.0588. The summed E-state index contributed by atoms with van der Waals surface area (Å²) in [6.45, 7) is 0. The van der Waals surface area contributed by atoms with E-state index in [2.05, 4.69) is 41.3 Å². The van der Waals surface area contributed by atoms with Gasteiger partial charge in [-0.1, -0.05) is 0 Å². The van der Waals surface area contributed by atoms with Crippen molar-refractivity contribution in [1.29, 1.82) is 0 Å². The second-order valence-electron chi connectivity index (χ2n) is 11.1. The van der Waals surface area contributed by atoms with E-state index in [9.17, 15) is 16.8 Å². The number of hydrogen-bond donors (Lipinski definition) is 2. The summed E-state index contributed by atoms with van der Waals surface area (Å²) < 4.78 is 122. The molecule has 0 radical (unpaired) electrons. The molecule has 0 fully saturated rings. The van der Waals surface area contributed by atoms with Gasteiger partial charge in [-0.25, -0.2) is 0 Å². The van der Waals surface area contributed by atoms with E-state index in [0.717, 1.165) is 24.3 Å². The SMILES string of the molecule is O=S(=O)(Nc1ccc(F)[c]([Ti]([c]2c(F)ccc(NS(=O)(=O)c3ccc(Br)cc3)c2F)([CH]2C=CC=C2)[CH]2C=CC=C2)c1F)c1ccc(Br)cc1. The molecule has 2 aliphatic rings. The van der Waals surface area contributed by atoms with Gasteiger partial charge in [0.25, 0.3) is 0 Å². The van der Waals surface area contributed by atoms with Crippen LogP contribution in [-0.2, 0) is 36.6 Å². The second-order valence-corrected chi connectivity index (χ2v) is 22.7. The molecule has 6 nitrogen and oxygen atoms in total. The molecule has 49 heavy (non-hydrogen) atoms. The number of sulfonamides is 2. The summed E-state index contributed by atoms with van der Waals surface area (Å²) in [6.07, 6.45) is 12.8. The van der Waals surface area contributed by atoms with E-state index < -0.39 is 87.5 Å². The van der Waals surface area contributed by atoms with Crippen LogP contribution in [0.15, 0.2) is 140 Å². The third-order valence-electron chi connectivity index (χ3n) is 8.29. The number of benzene rings is 4. The Kier molecular flexibility index (Phi) is 10.0. The molecule has 0 bridgehead atoms. The summed E-state index contributed by atoms with van der Waals surface area (Å²) in [6, 6.07) is 14.6. The third-order valence-corrected chi connectivity index (χ3v) is 20.6. The zero-order chi connectivity index (χ0) is 35.1. The fourth-order valence-electron chi connectivity index (χ4n) is 6.14. The van der Waals surface area contributed by atoms with E-state index in [4.69, 9.17) is 0 Å². The van der Waals surface area contributed by atoms with Crippen LogP contribution < -0.4 is 17.2 Å². The second kappa shape index (κ2) is 13.8. The first-order valence-corrected chi connectivity index (χ1v) is 22.4. The summed E-state index contributed by atoms with van der Waals surface area (Å²) in [5.41, 5.74) is -1.25. The molecular weight excluding hydrogens is 848 g/mol. The summed E-state index contributed by atoms with van der Waals surface area (Å²) in [4.78, 5) is -0.417. The van der Waals surface area contributed by atoms with Crippen LogP contribution in [0.5, 0.6) is 0 Å². The standard InChI is InChI=1S/2C12H7BrF2NO2S.2C5H5.Ti/c2*13-8-1-4-10(5-2-8)19(17,18)16-12-6-3-9(14)7-11(12)15;2*1-2-4-5-3-1;/h2*1-6,16H;2*1-5H;. The minimum atomic E-state index is -5.38. The van der Waals surface area contributed by atoms with E-state index in [-0.39, 0.29) is 9.79 Å². The van der Waals surface area contributed by atoms with Gasteiger partial charge < -0.3 is 0 Å². The Hall–Kier alpha value is -3.27. The van der Waals surface area contributed by atoms with Crippen LogP contribution in [0.2, 0.25) is 8.45 Å². The zero-order valence-corrected chi connectivity index (χ0v) is 31.3. The van der Waals surface area contributed by atoms with Crippen molar-refractivity contribution in [2.75, 3.05) is 9.44 Å². The number of anilines is 2. The molecule has 0 saturated heterocycles. The molecule has 6 rings (SSSR count). The van der Waals surface area contributed by atoms with Crippen molar-refractivity contribution >= 4 is 71.0 Å². The van der Waals surface area contributed by atoms with Crippen molar-refractivity contribution in [2.24, 2.45) is 0 Å². The molecule has 0 heterocycles. The molecule has 0 saturated carbocycles. The van der Waals surface area contributed by atoms with Crippen molar-refractivity contribution in [1.82, 2.24) is 0 Å². The Bertz CT molecular complexity index is 2110. The van der Waals surface area contributed by atoms with Crippen molar-refractivity contribution in [3.05, 3.63) is 154 Å². The van der Waals surface area contributed by atoms with E-state index in [1.54, 1.807) is 48.6 Å². The van der Waals surface area contributed by atoms with Gasteiger partial charge in [0, 0.05) is 0 Å². The van der Waals surface area contributed by atoms with Crippen molar-refractivity contribution in [3.8, 4) is 0 Å². The van der Waals surface area contributed by atoms with Crippen molar-refractivity contribution < 1.29 is 51.0 Å². The van der Waals surface area contributed by atoms with E-state index >= 15 is 17.6 Å². The van der Waals surface area contributed by atoms with Crippen LogP contribution in [-0.4, -0.2) is 16.8 Å². The van der Waals surface area contributed by atoms with Gasteiger partial charge in [-0.15, -0.1) is 0 Å². The zero-order valence-electron chi connectivity index (χ0n) is 24.9. The Labute approximate surface area is 301 Å². The average molecular weight is 872 g/mol. The topological polar surface area (TPSA) is 92.3 Å². The molecule has 0 unspecified atom stereocenters. The number of rotatable bonds is 10. The molecular formula is C34H24Br2F4N2O4S2Ti. The van der Waals surface area contributed by atoms with Gasteiger partial charge in [0.05, 0.1) is 0 Å². The normalized spacial score (nSPS) is 15.0. The van der Waals surface area contributed by atoms with Crippen LogP contribution in [0, 0.1) is 23.3 Å². The number of nitrogens with one attached hydrogen (secondary N) is 2. The fourth-order valence-corrected chi connectivity index (χ4v) is 17.6. The minimum absolute atomic E-state index is 0.208. The van der Waals surface area contributed by atoms with Crippen LogP contribution in [0.3, 0.4) is 0 Å². The monoisotopic (exact) mass is 870 g/mol. The van der Waals surface area contributed by atoms with E-state index in [1.165, 1.54) is 48.5 Å². The van der Waals surface area contributed by atoms with Crippen LogP contribution in [0.1, 0.15) is 0 Å². The van der Waals surface area contributed by atoms with Crippen LogP contribution >= 0.6 is 31.9 Å². The molecule has 0 atom stereocenters. The molecule has 252 valence electrons. The average Bonchev–Trinajstić information content (AvgIpc) is 3.80. The molecule has 0 aliphatic heterocycles. The van der Waals surface area contributed by atoms with Gasteiger partial charge in [0.15, 0.2) is 0 Å². The molecule has 15 heteroatoms. The molecule has 2 N–H and O–H groups in total. The first-order valence-electron chi connectivity index (χ1n) is 14.5. The summed E-state index contributed by atoms with van der Waals surface area (Å²) >= 11 is 1.08. The first kappa shape index (κ1) is 35.6. The molecule has 0 aromatic heterocycles. The summed E-state index contributed by atoms with van der Waals surface area (Å²) in [7, 11) is -8.80. The Morgan fingerprint density at radius 1 is 0.510 bits per heavy atom. The first-order chi connectivity index (χ1) is 23.3. The van der Waals surface area contributed by atoms with Crippen LogP contribution in [0.4, 0.5) is 28.9 Å². The Morgan fingerprint density at radius 2 is 0.837 bits per heavy atom. The molecule has 4 aromatic rings. The van der Waals surface area contributed by atoms with Gasteiger partial charge in [-0.05, 0) is 0 Å². The van der Waals surface area contributed by atoms with Gasteiger partial charge in [0.1, 0.15) is 0 Å². The molecule has 4 aromatic carbocycles. The Balaban J connectivity index is 1.59. The van der Waals surface area contributed by atoms with E-state index in [1.807, 2.05) is 0 Å². The number of halogens is 6. The number of allylic oxidation sites excluding steroid dienone is 8. The maximum absolute atomic E-state index is 17.0. The van der Waals surface area contributed by atoms with Gasteiger partial charge >= 0.3 is 303 Å². The molecule has 2 aliphatic carbocycles. The van der Waals surface area contributed by atoms with Crippen molar-refractivity contribution in [3.63, 3.8) is 0 Å². The van der Waals surface area contributed by atoms with E-state index in [0.29, 0.717) is 8.95 Å². The summed E-state index contributed by atoms with van der Waals surface area (Å²) in [5, 5.41) is 0. The predicted molar refractivity (Wildman–Crippen MR) is 186 cm³/mol. The predicted octanol–water partition coefficient (Wildman–Crippen LogP) is 8.30.